The Hall–Kier alpha value is -0.830. The highest BCUT2D eigenvalue weighted by Gasteiger charge is 2.26. The minimum Gasteiger partial charge on any atom is -0.356 e. The number of halogens is 1. The van der Waals surface area contributed by atoms with Crippen LogP contribution in [0.5, 0.6) is 0 Å². The first-order valence-corrected chi connectivity index (χ1v) is 5.68. The average Bonchev–Trinajstić information content (AvgIpc) is 2.16. The SMILES string of the molecule is CC1(C)CCCN(c2ccnc(Cl)n2)C1. The molecule has 3 nitrogen and oxygen atoms in total. The summed E-state index contributed by atoms with van der Waals surface area (Å²) in [6.45, 7) is 6.70. The number of hydrogen-bond acceptors (Lipinski definition) is 3. The Morgan fingerprint density at radius 1 is 1.47 bits per heavy atom. The fourth-order valence-electron chi connectivity index (χ4n) is 2.12. The van der Waals surface area contributed by atoms with E-state index in [0.717, 1.165) is 18.9 Å². The maximum atomic E-state index is 5.79. The molecule has 0 radical (unpaired) electrons. The molecule has 1 aromatic heterocycles. The smallest absolute Gasteiger partial charge is 0.224 e. The highest BCUT2D eigenvalue weighted by molar-refractivity contribution is 6.28. The second kappa shape index (κ2) is 3.97. The third-order valence-electron chi connectivity index (χ3n) is 2.84. The van der Waals surface area contributed by atoms with Crippen molar-refractivity contribution in [2.75, 3.05) is 18.0 Å². The fraction of sp³-hybridized carbons (Fsp3) is 0.636. The predicted molar refractivity (Wildman–Crippen MR) is 62.3 cm³/mol. The molecule has 1 fully saturated rings. The molecule has 2 rings (SSSR count). The maximum Gasteiger partial charge on any atom is 0.224 e. The van der Waals surface area contributed by atoms with Crippen LogP contribution in [0.3, 0.4) is 0 Å². The molecule has 1 aromatic rings. The summed E-state index contributed by atoms with van der Waals surface area (Å²) in [5, 5.41) is 0.330. The predicted octanol–water partition coefficient (Wildman–Crippen LogP) is 2.76. The normalized spacial score (nSPS) is 20.3. The molecular formula is C11H16ClN3. The third-order valence-corrected chi connectivity index (χ3v) is 3.02. The van der Waals surface area contributed by atoms with Gasteiger partial charge < -0.3 is 4.90 Å². The van der Waals surface area contributed by atoms with Gasteiger partial charge >= 0.3 is 0 Å². The van der Waals surface area contributed by atoms with Gasteiger partial charge in [0.1, 0.15) is 5.82 Å². The van der Waals surface area contributed by atoms with Crippen molar-refractivity contribution in [2.24, 2.45) is 5.41 Å². The minimum absolute atomic E-state index is 0.330. The molecule has 82 valence electrons. The maximum absolute atomic E-state index is 5.79. The lowest BCUT2D eigenvalue weighted by Crippen LogP contribution is -2.40. The van der Waals surface area contributed by atoms with E-state index in [0.29, 0.717) is 10.7 Å². The van der Waals surface area contributed by atoms with Gasteiger partial charge in [0.15, 0.2) is 0 Å². The topological polar surface area (TPSA) is 29.0 Å². The molecule has 2 heterocycles. The molecule has 0 amide bonds. The lowest BCUT2D eigenvalue weighted by Gasteiger charge is -2.38. The van der Waals surface area contributed by atoms with E-state index in [1.807, 2.05) is 6.07 Å². The van der Waals surface area contributed by atoms with Crippen LogP contribution in [-0.2, 0) is 0 Å². The van der Waals surface area contributed by atoms with Gasteiger partial charge in [-0.1, -0.05) is 13.8 Å². The van der Waals surface area contributed by atoms with Crippen molar-refractivity contribution in [1.29, 1.82) is 0 Å². The van der Waals surface area contributed by atoms with Crippen LogP contribution in [-0.4, -0.2) is 23.1 Å². The van der Waals surface area contributed by atoms with Crippen molar-refractivity contribution in [1.82, 2.24) is 9.97 Å². The number of hydrogen-bond donors (Lipinski definition) is 0. The number of nitrogens with zero attached hydrogens (tertiary/aromatic N) is 3. The van der Waals surface area contributed by atoms with Crippen LogP contribution in [0.15, 0.2) is 12.3 Å². The Bertz CT molecular complexity index is 351. The fourth-order valence-corrected chi connectivity index (χ4v) is 2.26. The molecule has 0 aromatic carbocycles. The Morgan fingerprint density at radius 3 is 2.93 bits per heavy atom. The van der Waals surface area contributed by atoms with Gasteiger partial charge in [-0.05, 0) is 35.9 Å². The van der Waals surface area contributed by atoms with E-state index in [1.54, 1.807) is 6.20 Å². The zero-order valence-electron chi connectivity index (χ0n) is 9.20. The number of rotatable bonds is 1. The highest BCUT2D eigenvalue weighted by Crippen LogP contribution is 2.30. The van der Waals surface area contributed by atoms with Crippen molar-refractivity contribution in [3.8, 4) is 0 Å². The summed E-state index contributed by atoms with van der Waals surface area (Å²) < 4.78 is 0. The van der Waals surface area contributed by atoms with Crippen LogP contribution in [0.1, 0.15) is 26.7 Å². The summed E-state index contributed by atoms with van der Waals surface area (Å²) in [5.41, 5.74) is 0.371. The zero-order valence-corrected chi connectivity index (χ0v) is 9.96. The van der Waals surface area contributed by atoms with Gasteiger partial charge in [-0.15, -0.1) is 0 Å². The summed E-state index contributed by atoms with van der Waals surface area (Å²) >= 11 is 5.79. The van der Waals surface area contributed by atoms with E-state index in [-0.39, 0.29) is 0 Å². The van der Waals surface area contributed by atoms with Crippen molar-refractivity contribution in [2.45, 2.75) is 26.7 Å². The molecule has 0 aliphatic carbocycles. The molecule has 1 aliphatic heterocycles. The summed E-state index contributed by atoms with van der Waals surface area (Å²) in [5.74, 6) is 0.947. The van der Waals surface area contributed by atoms with E-state index < -0.39 is 0 Å². The quantitative estimate of drug-likeness (QED) is 0.689. The van der Waals surface area contributed by atoms with Gasteiger partial charge in [-0.2, -0.15) is 0 Å². The molecular weight excluding hydrogens is 210 g/mol. The van der Waals surface area contributed by atoms with E-state index in [1.165, 1.54) is 12.8 Å². The molecule has 15 heavy (non-hydrogen) atoms. The molecule has 0 atom stereocenters. The van der Waals surface area contributed by atoms with Crippen molar-refractivity contribution >= 4 is 17.4 Å². The van der Waals surface area contributed by atoms with Crippen molar-refractivity contribution in [3.05, 3.63) is 17.5 Å². The van der Waals surface area contributed by atoms with Gasteiger partial charge in [-0.25, -0.2) is 9.97 Å². The van der Waals surface area contributed by atoms with Gasteiger partial charge in [0.25, 0.3) is 0 Å². The van der Waals surface area contributed by atoms with Gasteiger partial charge in [0.2, 0.25) is 5.28 Å². The lowest BCUT2D eigenvalue weighted by atomic mass is 9.84. The summed E-state index contributed by atoms with van der Waals surface area (Å²) in [6, 6.07) is 1.92. The Balaban J connectivity index is 2.17. The number of piperidine rings is 1. The van der Waals surface area contributed by atoms with Crippen LogP contribution >= 0.6 is 11.6 Å². The van der Waals surface area contributed by atoms with E-state index in [4.69, 9.17) is 11.6 Å². The van der Waals surface area contributed by atoms with Crippen LogP contribution in [0.4, 0.5) is 5.82 Å². The molecule has 0 unspecified atom stereocenters. The van der Waals surface area contributed by atoms with Crippen molar-refractivity contribution in [3.63, 3.8) is 0 Å². The second-order valence-electron chi connectivity index (χ2n) is 4.87. The molecule has 0 N–H and O–H groups in total. The monoisotopic (exact) mass is 225 g/mol. The molecule has 0 saturated carbocycles. The van der Waals surface area contributed by atoms with Crippen LogP contribution in [0.2, 0.25) is 5.28 Å². The van der Waals surface area contributed by atoms with E-state index in [9.17, 15) is 0 Å². The summed E-state index contributed by atoms with van der Waals surface area (Å²) in [6.07, 6.45) is 4.21. The molecule has 1 saturated heterocycles. The first kappa shape index (κ1) is 10.7. The minimum atomic E-state index is 0.330. The summed E-state index contributed by atoms with van der Waals surface area (Å²) in [4.78, 5) is 10.4. The molecule has 0 spiro atoms. The van der Waals surface area contributed by atoms with E-state index in [2.05, 4.69) is 28.7 Å². The van der Waals surface area contributed by atoms with Crippen LogP contribution in [0, 0.1) is 5.41 Å². The third kappa shape index (κ3) is 2.59. The second-order valence-corrected chi connectivity index (χ2v) is 5.21. The van der Waals surface area contributed by atoms with Crippen LogP contribution < -0.4 is 4.90 Å². The number of aromatic nitrogens is 2. The molecule has 4 heteroatoms. The number of anilines is 1. The van der Waals surface area contributed by atoms with E-state index >= 15 is 0 Å². The molecule has 0 bridgehead atoms. The average molecular weight is 226 g/mol. The van der Waals surface area contributed by atoms with Gasteiger partial charge in [-0.3, -0.25) is 0 Å². The molecule has 1 aliphatic rings. The lowest BCUT2D eigenvalue weighted by molar-refractivity contribution is 0.292. The van der Waals surface area contributed by atoms with Crippen LogP contribution in [0.25, 0.3) is 0 Å². The first-order chi connectivity index (χ1) is 7.07. The standard InChI is InChI=1S/C11H16ClN3/c1-11(2)5-3-7-15(8-11)9-4-6-13-10(12)14-9/h4,6H,3,5,7-8H2,1-2H3. The Kier molecular flexibility index (Phi) is 2.83. The van der Waals surface area contributed by atoms with Crippen molar-refractivity contribution < 1.29 is 0 Å². The Labute approximate surface area is 95.5 Å². The van der Waals surface area contributed by atoms with Gasteiger partial charge in [0.05, 0.1) is 0 Å². The first-order valence-electron chi connectivity index (χ1n) is 5.30. The van der Waals surface area contributed by atoms with Gasteiger partial charge in [0, 0.05) is 19.3 Å². The largest absolute Gasteiger partial charge is 0.356 e. The Morgan fingerprint density at radius 2 is 2.27 bits per heavy atom. The zero-order chi connectivity index (χ0) is 10.9. The highest BCUT2D eigenvalue weighted by atomic mass is 35.5. The summed E-state index contributed by atoms with van der Waals surface area (Å²) in [7, 11) is 0.